The van der Waals surface area contributed by atoms with E-state index in [-0.39, 0.29) is 17.5 Å². The molecule has 0 aromatic rings. The van der Waals surface area contributed by atoms with Crippen molar-refractivity contribution in [2.75, 3.05) is 11.5 Å². The van der Waals surface area contributed by atoms with E-state index in [1.807, 2.05) is 0 Å². The number of ether oxygens (including phenoxy) is 1. The van der Waals surface area contributed by atoms with E-state index in [2.05, 4.69) is 0 Å². The van der Waals surface area contributed by atoms with Crippen LogP contribution in [-0.2, 0) is 20.3 Å². The van der Waals surface area contributed by atoms with Crippen molar-refractivity contribution >= 4 is 16.8 Å². The van der Waals surface area contributed by atoms with Crippen molar-refractivity contribution < 1.29 is 18.8 Å². The summed E-state index contributed by atoms with van der Waals surface area (Å²) in [6, 6.07) is 0. The Balaban J connectivity index is 1.78. The summed E-state index contributed by atoms with van der Waals surface area (Å²) in [5.74, 6) is -0.669. The van der Waals surface area contributed by atoms with Crippen LogP contribution >= 0.6 is 0 Å². The summed E-state index contributed by atoms with van der Waals surface area (Å²) in [7, 11) is -1.09. The van der Waals surface area contributed by atoms with Crippen molar-refractivity contribution in [1.82, 2.24) is 0 Å². The normalized spacial score (nSPS) is 29.2. The van der Waals surface area contributed by atoms with Gasteiger partial charge in [-0.1, -0.05) is 26.2 Å². The predicted molar refractivity (Wildman–Crippen MR) is 74.6 cm³/mol. The molecule has 1 aliphatic heterocycles. The van der Waals surface area contributed by atoms with Crippen LogP contribution in [0.5, 0.6) is 0 Å². The fourth-order valence-electron chi connectivity index (χ4n) is 3.20. The molecule has 0 bridgehead atoms. The molecule has 1 aliphatic carbocycles. The van der Waals surface area contributed by atoms with Crippen molar-refractivity contribution in [2.24, 2.45) is 5.92 Å². The number of carboxylic acid groups (broad SMARTS) is 1. The molecule has 2 rings (SSSR count). The Morgan fingerprint density at radius 2 is 2.05 bits per heavy atom. The maximum absolute atomic E-state index is 12.0. The fourth-order valence-corrected chi connectivity index (χ4v) is 4.69. The highest BCUT2D eigenvalue weighted by atomic mass is 32.2. The molecule has 0 amide bonds. The molecule has 110 valence electrons. The van der Waals surface area contributed by atoms with Crippen LogP contribution in [0.1, 0.15) is 51.9 Å². The molecule has 1 saturated heterocycles. The van der Waals surface area contributed by atoms with Crippen LogP contribution in [0.4, 0.5) is 0 Å². The monoisotopic (exact) mass is 288 g/mol. The van der Waals surface area contributed by atoms with Gasteiger partial charge < -0.3 is 9.84 Å². The van der Waals surface area contributed by atoms with Gasteiger partial charge in [0.05, 0.1) is 17.6 Å². The third-order valence-electron chi connectivity index (χ3n) is 4.33. The van der Waals surface area contributed by atoms with Gasteiger partial charge in [0.15, 0.2) is 0 Å². The van der Waals surface area contributed by atoms with E-state index >= 15 is 0 Å². The van der Waals surface area contributed by atoms with Crippen LogP contribution in [0.2, 0.25) is 0 Å². The molecule has 1 spiro atoms. The molecule has 0 aromatic heterocycles. The van der Waals surface area contributed by atoms with Gasteiger partial charge >= 0.3 is 5.97 Å². The first-order valence-corrected chi connectivity index (χ1v) is 8.75. The standard InChI is InChI=1S/C14H24O4S/c1-11(13(15)16)9-19(17)10-12-5-8-14(18-12)6-3-2-4-7-14/h11-12H,2-10H2,1H3,(H,15,16). The molecule has 5 heteroatoms. The average Bonchev–Trinajstić information content (AvgIpc) is 2.72. The first kappa shape index (κ1) is 15.0. The summed E-state index contributed by atoms with van der Waals surface area (Å²) in [5, 5.41) is 8.82. The maximum Gasteiger partial charge on any atom is 0.307 e. The molecular weight excluding hydrogens is 264 g/mol. The Kier molecular flexibility index (Phi) is 5.01. The molecule has 4 nitrogen and oxygen atoms in total. The van der Waals surface area contributed by atoms with E-state index in [1.165, 1.54) is 19.3 Å². The zero-order valence-electron chi connectivity index (χ0n) is 11.6. The maximum atomic E-state index is 12.0. The number of aliphatic carboxylic acids is 1. The summed E-state index contributed by atoms with van der Waals surface area (Å²) in [5.41, 5.74) is 0.0610. The lowest BCUT2D eigenvalue weighted by atomic mass is 9.83. The van der Waals surface area contributed by atoms with Crippen LogP contribution in [-0.4, -0.2) is 38.5 Å². The number of hydrogen-bond acceptors (Lipinski definition) is 3. The number of hydrogen-bond donors (Lipinski definition) is 1. The van der Waals surface area contributed by atoms with Gasteiger partial charge in [0.25, 0.3) is 0 Å². The molecule has 2 aliphatic rings. The number of carbonyl (C=O) groups is 1. The van der Waals surface area contributed by atoms with E-state index in [0.717, 1.165) is 25.7 Å². The van der Waals surface area contributed by atoms with Crippen molar-refractivity contribution in [1.29, 1.82) is 0 Å². The molecule has 1 saturated carbocycles. The van der Waals surface area contributed by atoms with E-state index < -0.39 is 22.7 Å². The second-order valence-electron chi connectivity index (χ2n) is 6.03. The van der Waals surface area contributed by atoms with E-state index in [4.69, 9.17) is 9.84 Å². The zero-order valence-corrected chi connectivity index (χ0v) is 12.4. The minimum Gasteiger partial charge on any atom is -0.481 e. The van der Waals surface area contributed by atoms with Gasteiger partial charge in [-0.25, -0.2) is 0 Å². The predicted octanol–water partition coefficient (Wildman–Crippen LogP) is 2.34. The van der Waals surface area contributed by atoms with Gasteiger partial charge in [0.1, 0.15) is 0 Å². The van der Waals surface area contributed by atoms with E-state index in [1.54, 1.807) is 6.92 Å². The third-order valence-corrected chi connectivity index (χ3v) is 5.95. The van der Waals surface area contributed by atoms with Gasteiger partial charge in [-0.05, 0) is 25.7 Å². The second-order valence-corrected chi connectivity index (χ2v) is 7.58. The summed E-state index contributed by atoms with van der Waals surface area (Å²) in [6.45, 7) is 1.61. The topological polar surface area (TPSA) is 63.6 Å². The lowest BCUT2D eigenvalue weighted by molar-refractivity contribution is -0.140. The Bertz CT molecular complexity index is 349. The van der Waals surface area contributed by atoms with Crippen LogP contribution in [0.15, 0.2) is 0 Å². The Hall–Kier alpha value is -0.420. The summed E-state index contributed by atoms with van der Waals surface area (Å²) < 4.78 is 18.1. The molecule has 0 aromatic carbocycles. The van der Waals surface area contributed by atoms with Gasteiger partial charge in [-0.15, -0.1) is 0 Å². The molecular formula is C14H24O4S. The minimum absolute atomic E-state index is 0.0610. The molecule has 1 heterocycles. The average molecular weight is 288 g/mol. The third kappa shape index (κ3) is 4.02. The summed E-state index contributed by atoms with van der Waals surface area (Å²) >= 11 is 0. The Morgan fingerprint density at radius 1 is 1.37 bits per heavy atom. The largest absolute Gasteiger partial charge is 0.481 e. The summed E-state index contributed by atoms with van der Waals surface area (Å²) in [6.07, 6.45) is 8.20. The van der Waals surface area contributed by atoms with Crippen LogP contribution < -0.4 is 0 Å². The van der Waals surface area contributed by atoms with Crippen molar-refractivity contribution in [3.05, 3.63) is 0 Å². The fraction of sp³-hybridized carbons (Fsp3) is 0.929. The smallest absolute Gasteiger partial charge is 0.307 e. The lowest BCUT2D eigenvalue weighted by Crippen LogP contribution is -2.33. The van der Waals surface area contributed by atoms with Gasteiger partial charge in [0, 0.05) is 22.3 Å². The minimum atomic E-state index is -1.09. The SMILES string of the molecule is CC(CS(=O)CC1CCC2(CCCCC2)O1)C(=O)O. The molecule has 19 heavy (non-hydrogen) atoms. The Morgan fingerprint density at radius 3 is 2.68 bits per heavy atom. The van der Waals surface area contributed by atoms with Gasteiger partial charge in [-0.2, -0.15) is 0 Å². The van der Waals surface area contributed by atoms with E-state index in [9.17, 15) is 9.00 Å². The van der Waals surface area contributed by atoms with Crippen LogP contribution in [0.3, 0.4) is 0 Å². The highest BCUT2D eigenvalue weighted by Crippen LogP contribution is 2.42. The first-order chi connectivity index (χ1) is 9.01. The second kappa shape index (κ2) is 6.35. The van der Waals surface area contributed by atoms with Crippen LogP contribution in [0, 0.1) is 5.92 Å². The molecule has 3 atom stereocenters. The molecule has 1 N–H and O–H groups in total. The van der Waals surface area contributed by atoms with Crippen molar-refractivity contribution in [3.8, 4) is 0 Å². The molecule has 0 radical (unpaired) electrons. The van der Waals surface area contributed by atoms with Crippen LogP contribution in [0.25, 0.3) is 0 Å². The number of rotatable bonds is 5. The highest BCUT2D eigenvalue weighted by molar-refractivity contribution is 7.85. The van der Waals surface area contributed by atoms with Crippen molar-refractivity contribution in [3.63, 3.8) is 0 Å². The van der Waals surface area contributed by atoms with E-state index in [0.29, 0.717) is 5.75 Å². The zero-order chi connectivity index (χ0) is 13.9. The van der Waals surface area contributed by atoms with Gasteiger partial charge in [-0.3, -0.25) is 9.00 Å². The summed E-state index contributed by atoms with van der Waals surface area (Å²) in [4.78, 5) is 10.7. The van der Waals surface area contributed by atoms with Crippen molar-refractivity contribution in [2.45, 2.75) is 63.6 Å². The molecule has 3 unspecified atom stereocenters. The quantitative estimate of drug-likeness (QED) is 0.843. The Labute approximate surface area is 117 Å². The lowest BCUT2D eigenvalue weighted by Gasteiger charge is -2.33. The first-order valence-electron chi connectivity index (χ1n) is 7.26. The number of carboxylic acids is 1. The highest BCUT2D eigenvalue weighted by Gasteiger charge is 2.41. The molecule has 2 fully saturated rings. The van der Waals surface area contributed by atoms with Gasteiger partial charge in [0.2, 0.25) is 0 Å².